The highest BCUT2D eigenvalue weighted by molar-refractivity contribution is 5.97. The molecule has 7 nitrogen and oxygen atoms in total. The van der Waals surface area contributed by atoms with E-state index in [-0.39, 0.29) is 12.0 Å². The highest BCUT2D eigenvalue weighted by atomic mass is 16.5. The van der Waals surface area contributed by atoms with Crippen LogP contribution < -0.4 is 14.2 Å². The van der Waals surface area contributed by atoms with Crippen LogP contribution in [0.2, 0.25) is 0 Å². The van der Waals surface area contributed by atoms with E-state index in [1.54, 1.807) is 19.2 Å². The van der Waals surface area contributed by atoms with Crippen LogP contribution in [0, 0.1) is 0 Å². The molecule has 1 aromatic heterocycles. The molecule has 0 saturated carbocycles. The molecule has 0 bridgehead atoms. The van der Waals surface area contributed by atoms with Crippen LogP contribution in [0.5, 0.6) is 17.2 Å². The number of piperidine rings is 1. The molecular weight excluding hydrogens is 418 g/mol. The number of carbonyl (C=O) groups excluding carboxylic acids is 1. The van der Waals surface area contributed by atoms with Crippen molar-refractivity contribution in [1.29, 1.82) is 0 Å². The van der Waals surface area contributed by atoms with Crippen LogP contribution in [-0.4, -0.2) is 46.9 Å². The smallest absolute Gasteiger partial charge is 0.257 e. The molecule has 0 radical (unpaired) electrons. The van der Waals surface area contributed by atoms with E-state index in [1.807, 2.05) is 60.9 Å². The molecule has 2 aromatic carbocycles. The van der Waals surface area contributed by atoms with E-state index in [0.29, 0.717) is 43.0 Å². The highest BCUT2D eigenvalue weighted by Crippen LogP contribution is 2.49. The summed E-state index contributed by atoms with van der Waals surface area (Å²) < 4.78 is 19.8. The average Bonchev–Trinajstić information content (AvgIpc) is 3.21. The lowest BCUT2D eigenvalue weighted by Gasteiger charge is -2.44. The van der Waals surface area contributed by atoms with Crippen molar-refractivity contribution in [3.8, 4) is 28.5 Å². The van der Waals surface area contributed by atoms with Crippen molar-refractivity contribution in [2.75, 3.05) is 20.2 Å². The quantitative estimate of drug-likeness (QED) is 0.593. The molecule has 1 spiro atoms. The Morgan fingerprint density at radius 1 is 1.15 bits per heavy atom. The fourth-order valence-corrected chi connectivity index (χ4v) is 4.91. The molecule has 7 heteroatoms. The van der Waals surface area contributed by atoms with Crippen LogP contribution in [0.3, 0.4) is 0 Å². The molecule has 2 aliphatic heterocycles. The van der Waals surface area contributed by atoms with Crippen molar-refractivity contribution in [1.82, 2.24) is 14.7 Å². The number of hydrogen-bond acceptors (Lipinski definition) is 5. The van der Waals surface area contributed by atoms with Crippen molar-refractivity contribution in [3.63, 3.8) is 0 Å². The number of likely N-dealkylation sites (tertiary alicyclic amines) is 1. The molecule has 33 heavy (non-hydrogen) atoms. The van der Waals surface area contributed by atoms with Gasteiger partial charge in [-0.1, -0.05) is 12.1 Å². The van der Waals surface area contributed by atoms with E-state index in [2.05, 4.69) is 11.2 Å². The maximum absolute atomic E-state index is 13.4. The van der Waals surface area contributed by atoms with Crippen molar-refractivity contribution in [3.05, 3.63) is 59.8 Å². The summed E-state index contributed by atoms with van der Waals surface area (Å²) in [5, 5.41) is 4.53. The number of benzene rings is 2. The molecule has 1 fully saturated rings. The number of rotatable bonds is 4. The highest BCUT2D eigenvalue weighted by Gasteiger charge is 2.46. The first kappa shape index (κ1) is 21.4. The number of methoxy groups -OCH3 is 1. The molecule has 5 rings (SSSR count). The third-order valence-electron chi connectivity index (χ3n) is 6.51. The number of aryl methyl sites for hydroxylation is 1. The molecule has 0 atom stereocenters. The van der Waals surface area contributed by atoms with Gasteiger partial charge in [-0.3, -0.25) is 9.48 Å². The van der Waals surface area contributed by atoms with E-state index < -0.39 is 5.60 Å². The van der Waals surface area contributed by atoms with E-state index in [4.69, 9.17) is 14.2 Å². The van der Waals surface area contributed by atoms with Crippen LogP contribution in [0.4, 0.5) is 0 Å². The maximum atomic E-state index is 13.4. The summed E-state index contributed by atoms with van der Waals surface area (Å²) in [5.74, 6) is 2.04. The molecule has 3 heterocycles. The summed E-state index contributed by atoms with van der Waals surface area (Å²) in [6.07, 6.45) is 3.36. The number of aromatic nitrogens is 2. The SMILES string of the molecule is COc1cc(OC(C)C)ccc1C(=O)N1CCC2(CC1)Oc1ccccc1-c1c2cnn1C. The van der Waals surface area contributed by atoms with Gasteiger partial charge >= 0.3 is 0 Å². The van der Waals surface area contributed by atoms with Gasteiger partial charge in [-0.15, -0.1) is 0 Å². The third-order valence-corrected chi connectivity index (χ3v) is 6.51. The monoisotopic (exact) mass is 447 g/mol. The largest absolute Gasteiger partial charge is 0.496 e. The van der Waals surface area contributed by atoms with Crippen LogP contribution in [-0.2, 0) is 12.6 Å². The Balaban J connectivity index is 1.38. The second-order valence-electron chi connectivity index (χ2n) is 8.94. The van der Waals surface area contributed by atoms with Gasteiger partial charge in [-0.25, -0.2) is 0 Å². The van der Waals surface area contributed by atoms with Gasteiger partial charge in [0.1, 0.15) is 22.8 Å². The molecule has 1 amide bonds. The molecule has 0 unspecified atom stereocenters. The van der Waals surface area contributed by atoms with Gasteiger partial charge in [-0.05, 0) is 38.1 Å². The Labute approximate surface area is 193 Å². The normalized spacial score (nSPS) is 16.2. The summed E-state index contributed by atoms with van der Waals surface area (Å²) in [6, 6.07) is 13.5. The zero-order valence-electron chi connectivity index (χ0n) is 19.5. The number of carbonyl (C=O) groups is 1. The van der Waals surface area contributed by atoms with Crippen LogP contribution in [0.1, 0.15) is 42.6 Å². The molecule has 1 saturated heterocycles. The van der Waals surface area contributed by atoms with Gasteiger partial charge in [0.05, 0.1) is 30.7 Å². The number of amides is 1. The van der Waals surface area contributed by atoms with Gasteiger partial charge in [0.25, 0.3) is 5.91 Å². The lowest BCUT2D eigenvalue weighted by molar-refractivity contribution is -0.00179. The van der Waals surface area contributed by atoms with Gasteiger partial charge in [-0.2, -0.15) is 5.10 Å². The lowest BCUT2D eigenvalue weighted by atomic mass is 9.81. The summed E-state index contributed by atoms with van der Waals surface area (Å²) in [6.45, 7) is 5.11. The van der Waals surface area contributed by atoms with Crippen molar-refractivity contribution in [2.45, 2.75) is 38.4 Å². The summed E-state index contributed by atoms with van der Waals surface area (Å²) in [5.41, 5.74) is 3.32. The minimum Gasteiger partial charge on any atom is -0.496 e. The molecule has 3 aromatic rings. The Hall–Kier alpha value is -3.48. The lowest BCUT2D eigenvalue weighted by Crippen LogP contribution is -2.49. The number of nitrogens with zero attached hydrogens (tertiary/aromatic N) is 3. The zero-order valence-corrected chi connectivity index (χ0v) is 19.5. The molecule has 0 aliphatic carbocycles. The second kappa shape index (κ2) is 8.14. The number of hydrogen-bond donors (Lipinski definition) is 0. The first-order chi connectivity index (χ1) is 15.9. The van der Waals surface area contributed by atoms with Gasteiger partial charge in [0, 0.05) is 50.2 Å². The molecule has 2 aliphatic rings. The minimum absolute atomic E-state index is 0.0413. The average molecular weight is 448 g/mol. The van der Waals surface area contributed by atoms with Crippen molar-refractivity contribution >= 4 is 5.91 Å². The fraction of sp³-hybridized carbons (Fsp3) is 0.385. The van der Waals surface area contributed by atoms with E-state index in [9.17, 15) is 4.79 Å². The second-order valence-corrected chi connectivity index (χ2v) is 8.94. The van der Waals surface area contributed by atoms with Crippen LogP contribution >= 0.6 is 0 Å². The minimum atomic E-state index is -0.478. The predicted octanol–water partition coefficient (Wildman–Crippen LogP) is 4.41. The molecular formula is C26H29N3O4. The van der Waals surface area contributed by atoms with Gasteiger partial charge < -0.3 is 19.1 Å². The van der Waals surface area contributed by atoms with E-state index >= 15 is 0 Å². The summed E-state index contributed by atoms with van der Waals surface area (Å²) in [7, 11) is 3.54. The number of fused-ring (bicyclic) bond motifs is 4. The van der Waals surface area contributed by atoms with Gasteiger partial charge in [0.2, 0.25) is 0 Å². The predicted molar refractivity (Wildman–Crippen MR) is 125 cm³/mol. The number of ether oxygens (including phenoxy) is 3. The Morgan fingerprint density at radius 2 is 1.91 bits per heavy atom. The molecule has 172 valence electrons. The Morgan fingerprint density at radius 3 is 2.64 bits per heavy atom. The van der Waals surface area contributed by atoms with E-state index in [1.165, 1.54) is 0 Å². The zero-order chi connectivity index (χ0) is 23.2. The molecule has 0 N–H and O–H groups in total. The standard InChI is InChI=1S/C26H29N3O4/c1-17(2)32-18-9-10-20(23(15-18)31-4)25(30)29-13-11-26(12-14-29)21-16-27-28(3)24(21)19-7-5-6-8-22(19)33-26/h5-10,15-17H,11-14H2,1-4H3. The summed E-state index contributed by atoms with van der Waals surface area (Å²) in [4.78, 5) is 15.3. The fourth-order valence-electron chi connectivity index (χ4n) is 4.91. The topological polar surface area (TPSA) is 65.8 Å². The maximum Gasteiger partial charge on any atom is 0.257 e. The summed E-state index contributed by atoms with van der Waals surface area (Å²) >= 11 is 0. The first-order valence-electron chi connectivity index (χ1n) is 11.4. The third kappa shape index (κ3) is 3.61. The van der Waals surface area contributed by atoms with Crippen molar-refractivity contribution in [2.24, 2.45) is 7.05 Å². The van der Waals surface area contributed by atoms with Crippen LogP contribution in [0.25, 0.3) is 11.3 Å². The van der Waals surface area contributed by atoms with Gasteiger partial charge in [0.15, 0.2) is 0 Å². The Bertz CT molecular complexity index is 1190. The van der Waals surface area contributed by atoms with Crippen molar-refractivity contribution < 1.29 is 19.0 Å². The number of para-hydroxylation sites is 1. The Kier molecular flexibility index (Phi) is 5.27. The first-order valence-corrected chi connectivity index (χ1v) is 11.4. The van der Waals surface area contributed by atoms with Crippen LogP contribution in [0.15, 0.2) is 48.7 Å². The van der Waals surface area contributed by atoms with E-state index in [0.717, 1.165) is 22.6 Å².